The molecule has 0 bridgehead atoms. The summed E-state index contributed by atoms with van der Waals surface area (Å²) in [4.78, 5) is 0. The van der Waals surface area contributed by atoms with Crippen LogP contribution in [0.2, 0.25) is 0 Å². The fraction of sp³-hybridized carbons (Fsp3) is 0.429. The van der Waals surface area contributed by atoms with Crippen LogP contribution >= 0.6 is 0 Å². The lowest BCUT2D eigenvalue weighted by molar-refractivity contribution is 0.169. The quantitative estimate of drug-likeness (QED) is 0.639. The van der Waals surface area contributed by atoms with E-state index in [1.165, 1.54) is 0 Å². The lowest BCUT2D eigenvalue weighted by atomic mass is 10.5. The number of hydrogen-bond acceptors (Lipinski definition) is 6. The zero-order valence-electron chi connectivity index (χ0n) is 12.0. The van der Waals surface area contributed by atoms with Crippen molar-refractivity contribution < 1.29 is 17.7 Å². The average molecular weight is 310 g/mol. The van der Waals surface area contributed by atoms with Gasteiger partial charge in [0.2, 0.25) is 0 Å². The number of furan rings is 2. The van der Waals surface area contributed by atoms with Crippen molar-refractivity contribution in [1.82, 2.24) is 0 Å². The van der Waals surface area contributed by atoms with E-state index in [1.807, 2.05) is 24.3 Å². The predicted octanol–water partition coefficient (Wildman–Crippen LogP) is 1.13. The highest BCUT2D eigenvalue weighted by Crippen LogP contribution is 2.21. The molecule has 0 saturated carbocycles. The van der Waals surface area contributed by atoms with Crippen molar-refractivity contribution in [3.8, 4) is 0 Å². The Bertz CT molecular complexity index is 441. The standard InChI is InChI=1S/C14H22N2O4Si/c15-5-9-19-21(20-10-6-16,11-13-3-1-7-17-13)12-14-4-2-8-18-14/h1-4,7-8H,5-6,9-12,15-16H2. The Morgan fingerprint density at radius 1 is 0.857 bits per heavy atom. The molecule has 0 radical (unpaired) electrons. The first kappa shape index (κ1) is 16.0. The van der Waals surface area contributed by atoms with Crippen LogP contribution in [0.1, 0.15) is 11.5 Å². The zero-order chi connectivity index (χ0) is 15.0. The second kappa shape index (κ2) is 8.16. The predicted molar refractivity (Wildman–Crippen MR) is 80.6 cm³/mol. The summed E-state index contributed by atoms with van der Waals surface area (Å²) in [6.45, 7) is 1.77. The van der Waals surface area contributed by atoms with E-state index in [0.29, 0.717) is 38.4 Å². The molecule has 0 unspecified atom stereocenters. The maximum atomic E-state index is 6.04. The van der Waals surface area contributed by atoms with Crippen LogP contribution in [0.15, 0.2) is 45.6 Å². The number of hydrogen-bond donors (Lipinski definition) is 2. The normalized spacial score (nSPS) is 11.9. The van der Waals surface area contributed by atoms with Gasteiger partial charge in [0.15, 0.2) is 0 Å². The van der Waals surface area contributed by atoms with Gasteiger partial charge in [-0.1, -0.05) is 0 Å². The number of rotatable bonds is 10. The second-order valence-electron chi connectivity index (χ2n) is 4.70. The molecule has 2 aromatic rings. The largest absolute Gasteiger partial charge is 0.469 e. The molecule has 2 aromatic heterocycles. The molecule has 0 aromatic carbocycles. The third kappa shape index (κ3) is 4.83. The minimum atomic E-state index is -2.59. The monoisotopic (exact) mass is 310 g/mol. The highest BCUT2D eigenvalue weighted by Gasteiger charge is 2.40. The molecular weight excluding hydrogens is 288 g/mol. The SMILES string of the molecule is NCCO[Si](Cc1ccco1)(Cc1ccco1)OCCN. The summed E-state index contributed by atoms with van der Waals surface area (Å²) in [6.07, 6.45) is 3.29. The van der Waals surface area contributed by atoms with Gasteiger partial charge in [0.1, 0.15) is 11.5 Å². The van der Waals surface area contributed by atoms with E-state index in [0.717, 1.165) is 11.5 Å². The van der Waals surface area contributed by atoms with Crippen molar-refractivity contribution in [2.75, 3.05) is 26.3 Å². The van der Waals surface area contributed by atoms with Crippen LogP contribution in [-0.4, -0.2) is 34.9 Å². The molecule has 0 fully saturated rings. The fourth-order valence-electron chi connectivity index (χ4n) is 2.16. The Labute approximate surface area is 125 Å². The van der Waals surface area contributed by atoms with Crippen molar-refractivity contribution in [3.63, 3.8) is 0 Å². The van der Waals surface area contributed by atoms with Crippen LogP contribution in [0.5, 0.6) is 0 Å². The van der Waals surface area contributed by atoms with Gasteiger partial charge < -0.3 is 29.2 Å². The number of nitrogens with two attached hydrogens (primary N) is 2. The van der Waals surface area contributed by atoms with Gasteiger partial charge in [0.05, 0.1) is 12.5 Å². The lowest BCUT2D eigenvalue weighted by Crippen LogP contribution is -2.49. The molecule has 2 rings (SSSR count). The Morgan fingerprint density at radius 2 is 1.33 bits per heavy atom. The van der Waals surface area contributed by atoms with E-state index in [1.54, 1.807) is 12.5 Å². The lowest BCUT2D eigenvalue weighted by Gasteiger charge is -2.29. The molecule has 6 nitrogen and oxygen atoms in total. The minimum absolute atomic E-state index is 0.442. The van der Waals surface area contributed by atoms with E-state index in [9.17, 15) is 0 Å². The minimum Gasteiger partial charge on any atom is -0.469 e. The molecule has 21 heavy (non-hydrogen) atoms. The first-order chi connectivity index (χ1) is 10.3. The summed E-state index contributed by atoms with van der Waals surface area (Å²) >= 11 is 0. The van der Waals surface area contributed by atoms with Gasteiger partial charge in [-0.15, -0.1) is 0 Å². The molecule has 0 aliphatic heterocycles. The fourth-order valence-corrected chi connectivity index (χ4v) is 5.22. The highest BCUT2D eigenvalue weighted by molar-refractivity contribution is 6.66. The first-order valence-electron chi connectivity index (χ1n) is 7.01. The van der Waals surface area contributed by atoms with Crippen LogP contribution in [0.25, 0.3) is 0 Å². The van der Waals surface area contributed by atoms with Gasteiger partial charge in [-0.05, 0) is 24.3 Å². The summed E-state index contributed by atoms with van der Waals surface area (Å²) < 4.78 is 23.0. The molecule has 4 N–H and O–H groups in total. The first-order valence-corrected chi connectivity index (χ1v) is 9.24. The zero-order valence-corrected chi connectivity index (χ0v) is 13.0. The molecule has 7 heteroatoms. The highest BCUT2D eigenvalue weighted by atomic mass is 28.4. The van der Waals surface area contributed by atoms with Gasteiger partial charge >= 0.3 is 8.56 Å². The van der Waals surface area contributed by atoms with E-state index in [-0.39, 0.29) is 0 Å². The van der Waals surface area contributed by atoms with Crippen LogP contribution < -0.4 is 11.5 Å². The van der Waals surface area contributed by atoms with Crippen LogP contribution in [0, 0.1) is 0 Å². The van der Waals surface area contributed by atoms with E-state index >= 15 is 0 Å². The van der Waals surface area contributed by atoms with Gasteiger partial charge in [0, 0.05) is 38.4 Å². The Hall–Kier alpha value is -1.38. The van der Waals surface area contributed by atoms with Crippen LogP contribution in [0.4, 0.5) is 0 Å². The average Bonchev–Trinajstić information content (AvgIpc) is 3.16. The van der Waals surface area contributed by atoms with Crippen molar-refractivity contribution in [2.24, 2.45) is 11.5 Å². The maximum absolute atomic E-state index is 6.04. The summed E-state index contributed by atoms with van der Waals surface area (Å²) in [5.74, 6) is 1.67. The van der Waals surface area contributed by atoms with Gasteiger partial charge in [0.25, 0.3) is 0 Å². The summed E-state index contributed by atoms with van der Waals surface area (Å²) in [7, 11) is -2.59. The molecule has 0 aliphatic carbocycles. The molecule has 0 aliphatic rings. The van der Waals surface area contributed by atoms with Gasteiger partial charge in [-0.3, -0.25) is 0 Å². The Balaban J connectivity index is 2.17. The van der Waals surface area contributed by atoms with Crippen molar-refractivity contribution >= 4 is 8.56 Å². The topological polar surface area (TPSA) is 96.8 Å². The molecule has 0 atom stereocenters. The van der Waals surface area contributed by atoms with Crippen LogP contribution in [-0.2, 0) is 20.9 Å². The molecule has 0 saturated heterocycles. The Kier molecular flexibility index (Phi) is 6.21. The molecule has 0 spiro atoms. The summed E-state index contributed by atoms with van der Waals surface area (Å²) in [5.41, 5.74) is 11.2. The van der Waals surface area contributed by atoms with Crippen molar-refractivity contribution in [2.45, 2.75) is 12.1 Å². The summed E-state index contributed by atoms with van der Waals surface area (Å²) in [5, 5.41) is 0. The third-order valence-electron chi connectivity index (χ3n) is 3.01. The smallest absolute Gasteiger partial charge is 0.353 e. The van der Waals surface area contributed by atoms with Gasteiger partial charge in [-0.2, -0.15) is 0 Å². The maximum Gasteiger partial charge on any atom is 0.353 e. The molecule has 2 heterocycles. The third-order valence-corrected chi connectivity index (χ3v) is 6.25. The summed E-state index contributed by atoms with van der Waals surface area (Å²) in [6, 6.07) is 8.74. The van der Waals surface area contributed by atoms with E-state index < -0.39 is 8.56 Å². The van der Waals surface area contributed by atoms with Crippen molar-refractivity contribution in [1.29, 1.82) is 0 Å². The Morgan fingerprint density at radius 3 is 1.67 bits per heavy atom. The molecular formula is C14H22N2O4Si. The van der Waals surface area contributed by atoms with E-state index in [4.69, 9.17) is 29.2 Å². The van der Waals surface area contributed by atoms with E-state index in [2.05, 4.69) is 0 Å². The van der Waals surface area contributed by atoms with Crippen molar-refractivity contribution in [3.05, 3.63) is 48.3 Å². The van der Waals surface area contributed by atoms with Gasteiger partial charge in [-0.25, -0.2) is 0 Å². The molecule has 116 valence electrons. The second-order valence-corrected chi connectivity index (χ2v) is 7.80. The van der Waals surface area contributed by atoms with Crippen LogP contribution in [0.3, 0.4) is 0 Å². The molecule has 0 amide bonds.